The van der Waals surface area contributed by atoms with Crippen molar-refractivity contribution in [2.75, 3.05) is 0 Å². The molecule has 0 bridgehead atoms. The number of fused-ring (bicyclic) bond motifs is 1. The van der Waals surface area contributed by atoms with Gasteiger partial charge in [0, 0.05) is 11.6 Å². The summed E-state index contributed by atoms with van der Waals surface area (Å²) in [6, 6.07) is 6.83. The first-order valence-electron chi connectivity index (χ1n) is 6.14. The zero-order valence-corrected chi connectivity index (χ0v) is 11.1. The van der Waals surface area contributed by atoms with Gasteiger partial charge in [-0.25, -0.2) is 4.79 Å². The lowest BCUT2D eigenvalue weighted by atomic mass is 10.1. The average Bonchev–Trinajstić information content (AvgIpc) is 2.87. The molecule has 0 saturated heterocycles. The van der Waals surface area contributed by atoms with E-state index < -0.39 is 11.4 Å². The van der Waals surface area contributed by atoms with Crippen LogP contribution >= 0.6 is 0 Å². The van der Waals surface area contributed by atoms with Crippen molar-refractivity contribution in [2.45, 2.75) is 6.54 Å². The van der Waals surface area contributed by atoms with E-state index >= 15 is 0 Å². The Kier molecular flexibility index (Phi) is 2.98. The molecular weight excluding hydrogens is 274 g/mol. The standard InChI is InChI=1S/C13H11N5O3/c1-17-15-11(14-16-17)7-18-6-9(13(20)21)12(19)8-4-2-3-5-10(8)18/h2-6H,7H2,1H3,(H,20,21). The molecule has 3 aromatic rings. The van der Waals surface area contributed by atoms with Crippen LogP contribution < -0.4 is 5.43 Å². The maximum absolute atomic E-state index is 12.1. The second-order valence-corrected chi connectivity index (χ2v) is 4.52. The van der Waals surface area contributed by atoms with Crippen LogP contribution in [0.1, 0.15) is 16.2 Å². The lowest BCUT2D eigenvalue weighted by Crippen LogP contribution is -2.19. The summed E-state index contributed by atoms with van der Waals surface area (Å²) in [6.07, 6.45) is 1.31. The molecule has 1 N–H and O–H groups in total. The summed E-state index contributed by atoms with van der Waals surface area (Å²) in [6.45, 7) is 0.231. The molecule has 0 spiro atoms. The van der Waals surface area contributed by atoms with E-state index in [1.165, 1.54) is 11.0 Å². The quantitative estimate of drug-likeness (QED) is 0.741. The van der Waals surface area contributed by atoms with Gasteiger partial charge >= 0.3 is 5.97 Å². The van der Waals surface area contributed by atoms with Gasteiger partial charge in [-0.3, -0.25) is 4.79 Å². The number of aromatic nitrogens is 5. The summed E-state index contributed by atoms with van der Waals surface area (Å²) in [7, 11) is 1.64. The van der Waals surface area contributed by atoms with Crippen LogP contribution in [0.3, 0.4) is 0 Å². The average molecular weight is 285 g/mol. The number of para-hydroxylation sites is 1. The van der Waals surface area contributed by atoms with Gasteiger partial charge in [0.25, 0.3) is 0 Å². The number of aryl methyl sites for hydroxylation is 1. The Morgan fingerprint density at radius 1 is 1.33 bits per heavy atom. The summed E-state index contributed by atoms with van der Waals surface area (Å²) in [5.41, 5.74) is -0.154. The Morgan fingerprint density at radius 3 is 2.76 bits per heavy atom. The van der Waals surface area contributed by atoms with E-state index in [-0.39, 0.29) is 12.1 Å². The summed E-state index contributed by atoms with van der Waals surface area (Å²) >= 11 is 0. The Morgan fingerprint density at radius 2 is 2.10 bits per heavy atom. The van der Waals surface area contributed by atoms with Gasteiger partial charge in [-0.2, -0.15) is 4.80 Å². The number of hydrogen-bond donors (Lipinski definition) is 1. The summed E-state index contributed by atoms with van der Waals surface area (Å²) in [5, 5.41) is 21.2. The second kappa shape index (κ2) is 4.82. The van der Waals surface area contributed by atoms with Gasteiger partial charge in [0.15, 0.2) is 5.82 Å². The highest BCUT2D eigenvalue weighted by molar-refractivity contribution is 5.92. The lowest BCUT2D eigenvalue weighted by Gasteiger charge is -2.10. The SMILES string of the molecule is Cn1nnc(Cn2cc(C(=O)O)c(=O)c3ccccc32)n1. The first-order valence-corrected chi connectivity index (χ1v) is 6.14. The fourth-order valence-corrected chi connectivity index (χ4v) is 2.17. The Labute approximate surface area is 118 Å². The number of hydrogen-bond acceptors (Lipinski definition) is 5. The van der Waals surface area contributed by atoms with Crippen molar-refractivity contribution >= 4 is 16.9 Å². The van der Waals surface area contributed by atoms with Crippen molar-refractivity contribution in [2.24, 2.45) is 7.05 Å². The molecule has 0 amide bonds. The zero-order valence-electron chi connectivity index (χ0n) is 11.1. The van der Waals surface area contributed by atoms with Crippen LogP contribution in [0.2, 0.25) is 0 Å². The number of rotatable bonds is 3. The zero-order chi connectivity index (χ0) is 15.0. The second-order valence-electron chi connectivity index (χ2n) is 4.52. The minimum absolute atomic E-state index is 0.231. The minimum atomic E-state index is -1.26. The van der Waals surface area contributed by atoms with E-state index in [1.807, 2.05) is 0 Å². The van der Waals surface area contributed by atoms with E-state index in [1.54, 1.807) is 35.9 Å². The van der Waals surface area contributed by atoms with Crippen molar-refractivity contribution in [3.63, 3.8) is 0 Å². The number of pyridine rings is 1. The molecule has 106 valence electrons. The number of aromatic carboxylic acids is 1. The van der Waals surface area contributed by atoms with Crippen molar-refractivity contribution < 1.29 is 9.90 Å². The Hall–Kier alpha value is -3.03. The molecule has 1 aromatic carbocycles. The van der Waals surface area contributed by atoms with Crippen LogP contribution in [0.4, 0.5) is 0 Å². The molecule has 0 saturated carbocycles. The fourth-order valence-electron chi connectivity index (χ4n) is 2.17. The third-order valence-corrected chi connectivity index (χ3v) is 3.08. The molecule has 0 aliphatic carbocycles. The molecule has 8 heteroatoms. The molecule has 21 heavy (non-hydrogen) atoms. The number of carboxylic acid groups (broad SMARTS) is 1. The van der Waals surface area contributed by atoms with Gasteiger partial charge in [0.1, 0.15) is 5.56 Å². The minimum Gasteiger partial charge on any atom is -0.477 e. The largest absolute Gasteiger partial charge is 0.477 e. The van der Waals surface area contributed by atoms with Gasteiger partial charge in [-0.15, -0.1) is 10.2 Å². The normalized spacial score (nSPS) is 10.9. The van der Waals surface area contributed by atoms with Gasteiger partial charge in [-0.1, -0.05) is 12.1 Å². The number of nitrogens with zero attached hydrogens (tertiary/aromatic N) is 5. The van der Waals surface area contributed by atoms with Crippen LogP contribution in [-0.2, 0) is 13.6 Å². The van der Waals surface area contributed by atoms with Gasteiger partial charge in [-0.05, 0) is 17.3 Å². The predicted octanol–water partition coefficient (Wildman–Crippen LogP) is 0.271. The van der Waals surface area contributed by atoms with Crippen molar-refractivity contribution in [1.29, 1.82) is 0 Å². The fraction of sp³-hybridized carbons (Fsp3) is 0.154. The van der Waals surface area contributed by atoms with Crippen LogP contribution in [-0.4, -0.2) is 35.9 Å². The van der Waals surface area contributed by atoms with Gasteiger partial charge < -0.3 is 9.67 Å². The Balaban J connectivity index is 2.23. The lowest BCUT2D eigenvalue weighted by molar-refractivity contribution is 0.0695. The van der Waals surface area contributed by atoms with E-state index in [0.29, 0.717) is 16.7 Å². The van der Waals surface area contributed by atoms with Crippen molar-refractivity contribution in [1.82, 2.24) is 24.8 Å². The molecule has 0 aliphatic rings. The topological polar surface area (TPSA) is 103 Å². The molecule has 2 aromatic heterocycles. The third-order valence-electron chi connectivity index (χ3n) is 3.08. The van der Waals surface area contributed by atoms with Crippen LogP contribution in [0, 0.1) is 0 Å². The highest BCUT2D eigenvalue weighted by atomic mass is 16.4. The van der Waals surface area contributed by atoms with Crippen molar-refractivity contribution in [3.8, 4) is 0 Å². The highest BCUT2D eigenvalue weighted by Gasteiger charge is 2.15. The summed E-state index contributed by atoms with van der Waals surface area (Å²) in [5.74, 6) is -0.825. The predicted molar refractivity (Wildman–Crippen MR) is 73.1 cm³/mol. The van der Waals surface area contributed by atoms with E-state index in [9.17, 15) is 9.59 Å². The Bertz CT molecular complexity index is 896. The van der Waals surface area contributed by atoms with E-state index in [0.717, 1.165) is 0 Å². The summed E-state index contributed by atoms with van der Waals surface area (Å²) < 4.78 is 1.64. The molecule has 0 radical (unpaired) electrons. The molecule has 8 nitrogen and oxygen atoms in total. The summed E-state index contributed by atoms with van der Waals surface area (Å²) in [4.78, 5) is 24.7. The van der Waals surface area contributed by atoms with Crippen LogP contribution in [0.5, 0.6) is 0 Å². The number of carbonyl (C=O) groups is 1. The number of tetrazole rings is 1. The maximum atomic E-state index is 12.1. The molecular formula is C13H11N5O3. The van der Waals surface area contributed by atoms with Crippen molar-refractivity contribution in [3.05, 3.63) is 52.1 Å². The first-order chi connectivity index (χ1) is 10.1. The third kappa shape index (κ3) is 2.27. The smallest absolute Gasteiger partial charge is 0.341 e. The van der Waals surface area contributed by atoms with Crippen LogP contribution in [0.25, 0.3) is 10.9 Å². The van der Waals surface area contributed by atoms with E-state index in [2.05, 4.69) is 15.4 Å². The highest BCUT2D eigenvalue weighted by Crippen LogP contribution is 2.12. The molecule has 3 rings (SSSR count). The first kappa shape index (κ1) is 13.0. The number of carboxylic acids is 1. The molecule has 0 aliphatic heterocycles. The number of benzene rings is 1. The molecule has 0 fully saturated rings. The van der Waals surface area contributed by atoms with E-state index in [4.69, 9.17) is 5.11 Å². The molecule has 2 heterocycles. The monoisotopic (exact) mass is 285 g/mol. The van der Waals surface area contributed by atoms with Crippen LogP contribution in [0.15, 0.2) is 35.3 Å². The molecule has 0 atom stereocenters. The molecule has 0 unspecified atom stereocenters. The van der Waals surface area contributed by atoms with Gasteiger partial charge in [0.05, 0.1) is 19.1 Å². The maximum Gasteiger partial charge on any atom is 0.341 e. The van der Waals surface area contributed by atoms with Gasteiger partial charge in [0.2, 0.25) is 5.43 Å².